The summed E-state index contributed by atoms with van der Waals surface area (Å²) in [5, 5.41) is 10.3. The summed E-state index contributed by atoms with van der Waals surface area (Å²) in [4.78, 5) is 2.42. The lowest BCUT2D eigenvalue weighted by atomic mass is 9.75. The first-order chi connectivity index (χ1) is 8.94. The summed E-state index contributed by atoms with van der Waals surface area (Å²) in [6.45, 7) is 8.07. The molecule has 0 amide bonds. The molecule has 2 heterocycles. The standard InChI is InChI=1S/C16H26N2O/c1-16(2)8-14-13(15(19)9-16)5-7-18(14)11-12-4-6-17(3)10-12/h5,7,12,15,19H,4,6,8-11H2,1-3H3. The van der Waals surface area contributed by atoms with E-state index in [2.05, 4.69) is 42.6 Å². The lowest BCUT2D eigenvalue weighted by Gasteiger charge is -2.34. The maximum Gasteiger partial charge on any atom is 0.0812 e. The average molecular weight is 262 g/mol. The number of aromatic nitrogens is 1. The largest absolute Gasteiger partial charge is 0.388 e. The van der Waals surface area contributed by atoms with Crippen LogP contribution in [0, 0.1) is 11.3 Å². The van der Waals surface area contributed by atoms with Crippen LogP contribution in [0.1, 0.15) is 44.1 Å². The maximum absolute atomic E-state index is 10.3. The minimum atomic E-state index is -0.272. The van der Waals surface area contributed by atoms with Crippen LogP contribution in [-0.4, -0.2) is 34.7 Å². The third-order valence-electron chi connectivity index (χ3n) is 4.81. The SMILES string of the molecule is CN1CCC(Cn2ccc3c2CC(C)(C)CC3O)C1. The molecule has 0 saturated carbocycles. The second kappa shape index (κ2) is 4.64. The van der Waals surface area contributed by atoms with E-state index in [0.717, 1.165) is 25.3 Å². The van der Waals surface area contributed by atoms with Gasteiger partial charge in [-0.2, -0.15) is 0 Å². The lowest BCUT2D eigenvalue weighted by molar-refractivity contribution is 0.0977. The number of rotatable bonds is 2. The maximum atomic E-state index is 10.3. The van der Waals surface area contributed by atoms with Gasteiger partial charge in [0.05, 0.1) is 6.10 Å². The molecule has 19 heavy (non-hydrogen) atoms. The molecule has 3 nitrogen and oxygen atoms in total. The van der Waals surface area contributed by atoms with Crippen molar-refractivity contribution < 1.29 is 5.11 Å². The van der Waals surface area contributed by atoms with Crippen LogP contribution in [0.5, 0.6) is 0 Å². The van der Waals surface area contributed by atoms with Crippen molar-refractivity contribution in [3.05, 3.63) is 23.5 Å². The van der Waals surface area contributed by atoms with Crippen molar-refractivity contribution in [2.45, 2.75) is 45.8 Å². The number of fused-ring (bicyclic) bond motifs is 1. The highest BCUT2D eigenvalue weighted by molar-refractivity contribution is 5.29. The first-order valence-corrected chi connectivity index (χ1v) is 7.49. The molecule has 1 aliphatic heterocycles. The van der Waals surface area contributed by atoms with Crippen LogP contribution in [-0.2, 0) is 13.0 Å². The molecule has 2 aliphatic rings. The van der Waals surface area contributed by atoms with E-state index in [-0.39, 0.29) is 11.5 Å². The lowest BCUT2D eigenvalue weighted by Crippen LogP contribution is -2.27. The second-order valence-electron chi connectivity index (χ2n) is 7.35. The first kappa shape index (κ1) is 13.2. The van der Waals surface area contributed by atoms with Gasteiger partial charge in [-0.05, 0) is 50.3 Å². The van der Waals surface area contributed by atoms with Crippen molar-refractivity contribution in [3.8, 4) is 0 Å². The Balaban J connectivity index is 1.81. The van der Waals surface area contributed by atoms with Crippen molar-refractivity contribution in [1.29, 1.82) is 0 Å². The van der Waals surface area contributed by atoms with Crippen LogP contribution < -0.4 is 0 Å². The highest BCUT2D eigenvalue weighted by atomic mass is 16.3. The Hall–Kier alpha value is -0.800. The summed E-state index contributed by atoms with van der Waals surface area (Å²) in [5.74, 6) is 0.767. The zero-order chi connectivity index (χ0) is 13.6. The average Bonchev–Trinajstić information content (AvgIpc) is 2.86. The monoisotopic (exact) mass is 262 g/mol. The summed E-state index contributed by atoms with van der Waals surface area (Å²) in [6, 6.07) is 2.13. The number of aliphatic hydroxyl groups is 1. The summed E-state index contributed by atoms with van der Waals surface area (Å²) >= 11 is 0. The van der Waals surface area contributed by atoms with Gasteiger partial charge in [0.25, 0.3) is 0 Å². The van der Waals surface area contributed by atoms with Crippen LogP contribution in [0.15, 0.2) is 12.3 Å². The molecule has 1 N–H and O–H groups in total. The molecule has 0 aromatic carbocycles. The van der Waals surface area contributed by atoms with E-state index in [0.29, 0.717) is 0 Å². The highest BCUT2D eigenvalue weighted by Crippen LogP contribution is 2.41. The molecule has 1 aliphatic carbocycles. The van der Waals surface area contributed by atoms with E-state index in [1.807, 2.05) is 0 Å². The van der Waals surface area contributed by atoms with Gasteiger partial charge in [0.15, 0.2) is 0 Å². The number of aliphatic hydroxyl groups excluding tert-OH is 1. The fourth-order valence-electron chi connectivity index (χ4n) is 3.81. The van der Waals surface area contributed by atoms with E-state index in [1.165, 1.54) is 30.8 Å². The van der Waals surface area contributed by atoms with Crippen molar-refractivity contribution in [3.63, 3.8) is 0 Å². The van der Waals surface area contributed by atoms with Gasteiger partial charge in [-0.3, -0.25) is 0 Å². The Labute approximate surface area is 116 Å². The number of likely N-dealkylation sites (tertiary alicyclic amines) is 1. The van der Waals surface area contributed by atoms with Gasteiger partial charge in [0.2, 0.25) is 0 Å². The van der Waals surface area contributed by atoms with Gasteiger partial charge in [-0.15, -0.1) is 0 Å². The predicted octanol–water partition coefficient (Wildman–Crippen LogP) is 2.45. The van der Waals surface area contributed by atoms with Crippen molar-refractivity contribution in [1.82, 2.24) is 9.47 Å². The smallest absolute Gasteiger partial charge is 0.0812 e. The molecule has 0 spiro atoms. The zero-order valence-electron chi connectivity index (χ0n) is 12.4. The molecule has 0 bridgehead atoms. The van der Waals surface area contributed by atoms with Crippen LogP contribution in [0.3, 0.4) is 0 Å². The topological polar surface area (TPSA) is 28.4 Å². The van der Waals surface area contributed by atoms with Gasteiger partial charge in [0.1, 0.15) is 0 Å². The van der Waals surface area contributed by atoms with Crippen LogP contribution in [0.25, 0.3) is 0 Å². The quantitative estimate of drug-likeness (QED) is 0.887. The third-order valence-corrected chi connectivity index (χ3v) is 4.81. The fourth-order valence-corrected chi connectivity index (χ4v) is 3.81. The van der Waals surface area contributed by atoms with E-state index < -0.39 is 0 Å². The summed E-state index contributed by atoms with van der Waals surface area (Å²) in [6.07, 6.45) is 5.19. The Bertz CT molecular complexity index is 463. The van der Waals surface area contributed by atoms with Crippen molar-refractivity contribution >= 4 is 0 Å². The molecule has 2 unspecified atom stereocenters. The van der Waals surface area contributed by atoms with Crippen LogP contribution in [0.2, 0.25) is 0 Å². The minimum absolute atomic E-state index is 0.217. The van der Waals surface area contributed by atoms with Gasteiger partial charge in [0, 0.05) is 30.5 Å². The first-order valence-electron chi connectivity index (χ1n) is 7.49. The molecule has 3 rings (SSSR count). The number of hydrogen-bond donors (Lipinski definition) is 1. The van der Waals surface area contributed by atoms with Crippen molar-refractivity contribution in [2.24, 2.45) is 11.3 Å². The van der Waals surface area contributed by atoms with E-state index in [9.17, 15) is 5.11 Å². The molecule has 3 heteroatoms. The van der Waals surface area contributed by atoms with E-state index in [1.54, 1.807) is 0 Å². The Kier molecular flexibility index (Phi) is 3.22. The number of hydrogen-bond acceptors (Lipinski definition) is 2. The molecule has 1 aromatic rings. The predicted molar refractivity (Wildman–Crippen MR) is 77.1 cm³/mol. The molecular formula is C16H26N2O. The Morgan fingerprint density at radius 1 is 1.42 bits per heavy atom. The van der Waals surface area contributed by atoms with Gasteiger partial charge < -0.3 is 14.6 Å². The van der Waals surface area contributed by atoms with Gasteiger partial charge in [-0.1, -0.05) is 13.8 Å². The third kappa shape index (κ3) is 2.59. The molecule has 2 atom stereocenters. The molecule has 1 saturated heterocycles. The molecule has 1 aromatic heterocycles. The molecule has 1 fully saturated rings. The fraction of sp³-hybridized carbons (Fsp3) is 0.750. The molecule has 106 valence electrons. The van der Waals surface area contributed by atoms with Crippen LogP contribution >= 0.6 is 0 Å². The number of nitrogens with zero attached hydrogens (tertiary/aromatic N) is 2. The Morgan fingerprint density at radius 2 is 2.21 bits per heavy atom. The van der Waals surface area contributed by atoms with E-state index in [4.69, 9.17) is 0 Å². The van der Waals surface area contributed by atoms with Gasteiger partial charge >= 0.3 is 0 Å². The Morgan fingerprint density at radius 3 is 2.89 bits per heavy atom. The van der Waals surface area contributed by atoms with Crippen molar-refractivity contribution in [2.75, 3.05) is 20.1 Å². The summed E-state index contributed by atoms with van der Waals surface area (Å²) in [7, 11) is 2.21. The highest BCUT2D eigenvalue weighted by Gasteiger charge is 2.33. The minimum Gasteiger partial charge on any atom is -0.388 e. The van der Waals surface area contributed by atoms with E-state index >= 15 is 0 Å². The summed E-state index contributed by atoms with van der Waals surface area (Å²) < 4.78 is 2.41. The molecular weight excluding hydrogens is 236 g/mol. The second-order valence-corrected chi connectivity index (χ2v) is 7.35. The zero-order valence-corrected chi connectivity index (χ0v) is 12.4. The van der Waals surface area contributed by atoms with Gasteiger partial charge in [-0.25, -0.2) is 0 Å². The molecule has 0 radical (unpaired) electrons. The normalized spacial score (nSPS) is 30.5. The van der Waals surface area contributed by atoms with Crippen LogP contribution in [0.4, 0.5) is 0 Å². The summed E-state index contributed by atoms with van der Waals surface area (Å²) in [5.41, 5.74) is 2.76.